The molecule has 0 aromatic heterocycles. The molecule has 0 bridgehead atoms. The molecule has 2 heterocycles. The molecule has 1 aromatic rings. The van der Waals surface area contributed by atoms with Crippen molar-refractivity contribution in [2.75, 3.05) is 26.3 Å². The average molecular weight is 345 g/mol. The van der Waals surface area contributed by atoms with Crippen LogP contribution in [0.5, 0.6) is 0 Å². The van der Waals surface area contributed by atoms with Crippen LogP contribution < -0.4 is 0 Å². The molecule has 0 saturated carbocycles. The van der Waals surface area contributed by atoms with E-state index in [1.54, 1.807) is 11.8 Å². The maximum atomic E-state index is 13.6. The molecule has 2 aliphatic heterocycles. The van der Waals surface area contributed by atoms with Crippen LogP contribution in [-0.2, 0) is 19.7 Å². The highest BCUT2D eigenvalue weighted by Gasteiger charge is 2.48. The predicted octanol–water partition coefficient (Wildman–Crippen LogP) is 2.76. The summed E-state index contributed by atoms with van der Waals surface area (Å²) in [5, 5.41) is 9.57. The van der Waals surface area contributed by atoms with Gasteiger partial charge in [0.25, 0.3) is 0 Å². The third-order valence-corrected chi connectivity index (χ3v) is 5.92. The third kappa shape index (κ3) is 3.17. The minimum Gasteiger partial charge on any atom is -0.481 e. The summed E-state index contributed by atoms with van der Waals surface area (Å²) in [6, 6.07) is 8.04. The number of rotatable bonds is 3. The highest BCUT2D eigenvalue weighted by atomic mass is 16.5. The van der Waals surface area contributed by atoms with Gasteiger partial charge in [0.2, 0.25) is 5.91 Å². The van der Waals surface area contributed by atoms with Gasteiger partial charge in [-0.15, -0.1) is 0 Å². The third-order valence-electron chi connectivity index (χ3n) is 5.92. The zero-order valence-corrected chi connectivity index (χ0v) is 15.1. The molecule has 1 aromatic carbocycles. The van der Waals surface area contributed by atoms with Crippen LogP contribution >= 0.6 is 0 Å². The maximum Gasteiger partial charge on any atom is 0.311 e. The maximum absolute atomic E-state index is 13.6. The second-order valence-corrected chi connectivity index (χ2v) is 7.71. The molecule has 5 nitrogen and oxygen atoms in total. The lowest BCUT2D eigenvalue weighted by Gasteiger charge is -2.45. The lowest BCUT2D eigenvalue weighted by molar-refractivity contribution is -0.156. The molecular weight excluding hydrogens is 318 g/mol. The van der Waals surface area contributed by atoms with Gasteiger partial charge in [-0.05, 0) is 50.7 Å². The number of ether oxygens (including phenoxy) is 1. The second kappa shape index (κ2) is 6.79. The highest BCUT2D eigenvalue weighted by molar-refractivity contribution is 5.89. The summed E-state index contributed by atoms with van der Waals surface area (Å²) in [7, 11) is 0. The summed E-state index contributed by atoms with van der Waals surface area (Å²) in [5.74, 6) is -0.751. The number of piperidine rings is 1. The van der Waals surface area contributed by atoms with Gasteiger partial charge in [0.1, 0.15) is 0 Å². The van der Waals surface area contributed by atoms with E-state index in [2.05, 4.69) is 0 Å². The Morgan fingerprint density at radius 3 is 2.48 bits per heavy atom. The second-order valence-electron chi connectivity index (χ2n) is 7.71. The number of carboxylic acids is 1. The molecule has 5 heteroatoms. The van der Waals surface area contributed by atoms with Crippen LogP contribution in [0.3, 0.4) is 0 Å². The zero-order valence-electron chi connectivity index (χ0n) is 15.1. The quantitative estimate of drug-likeness (QED) is 0.915. The first-order chi connectivity index (χ1) is 11.9. The SMILES string of the molecule is Cc1ccccc1C1(C(=O)N2CCCC(C)(C(=O)O)C2)CCOCC1. The van der Waals surface area contributed by atoms with E-state index < -0.39 is 16.8 Å². The highest BCUT2D eigenvalue weighted by Crippen LogP contribution is 2.40. The Morgan fingerprint density at radius 2 is 1.84 bits per heavy atom. The van der Waals surface area contributed by atoms with Gasteiger partial charge < -0.3 is 14.7 Å². The lowest BCUT2D eigenvalue weighted by atomic mass is 9.70. The van der Waals surface area contributed by atoms with Gasteiger partial charge in [-0.1, -0.05) is 24.3 Å². The van der Waals surface area contributed by atoms with Crippen LogP contribution in [0.15, 0.2) is 24.3 Å². The molecule has 1 N–H and O–H groups in total. The molecule has 1 unspecified atom stereocenters. The van der Waals surface area contributed by atoms with Crippen molar-refractivity contribution in [3.63, 3.8) is 0 Å². The van der Waals surface area contributed by atoms with Gasteiger partial charge in [-0.25, -0.2) is 0 Å². The fraction of sp³-hybridized carbons (Fsp3) is 0.600. The number of likely N-dealkylation sites (tertiary alicyclic amines) is 1. The van der Waals surface area contributed by atoms with Crippen LogP contribution in [0.4, 0.5) is 0 Å². The van der Waals surface area contributed by atoms with Crippen LogP contribution in [0.1, 0.15) is 43.7 Å². The molecule has 25 heavy (non-hydrogen) atoms. The standard InChI is InChI=1S/C20H27NO4/c1-15-6-3-4-7-16(15)20(9-12-25-13-10-20)17(22)21-11-5-8-19(2,14-21)18(23)24/h3-4,6-7H,5,8-14H2,1-2H3,(H,23,24). The molecule has 1 amide bonds. The molecule has 0 radical (unpaired) electrons. The van der Waals surface area contributed by atoms with Crippen molar-refractivity contribution in [3.05, 3.63) is 35.4 Å². The lowest BCUT2D eigenvalue weighted by Crippen LogP contribution is -2.56. The Bertz CT molecular complexity index is 665. The summed E-state index contributed by atoms with van der Waals surface area (Å²) in [6.07, 6.45) is 2.65. The Balaban J connectivity index is 1.96. The summed E-state index contributed by atoms with van der Waals surface area (Å²) in [6.45, 7) is 5.83. The van der Waals surface area contributed by atoms with Gasteiger partial charge >= 0.3 is 5.97 Å². The normalized spacial score (nSPS) is 26.2. The first-order valence-corrected chi connectivity index (χ1v) is 9.06. The fourth-order valence-corrected chi connectivity index (χ4v) is 4.32. The van der Waals surface area contributed by atoms with Crippen LogP contribution in [-0.4, -0.2) is 48.2 Å². The molecule has 136 valence electrons. The first-order valence-electron chi connectivity index (χ1n) is 9.06. The largest absolute Gasteiger partial charge is 0.481 e. The van der Waals surface area contributed by atoms with Crippen molar-refractivity contribution in [2.45, 2.75) is 44.9 Å². The smallest absolute Gasteiger partial charge is 0.311 e. The predicted molar refractivity (Wildman–Crippen MR) is 94.5 cm³/mol. The molecule has 3 rings (SSSR count). The minimum atomic E-state index is -0.855. The van der Waals surface area contributed by atoms with Crippen molar-refractivity contribution in [1.29, 1.82) is 0 Å². The summed E-state index contributed by atoms with van der Waals surface area (Å²) in [5.41, 5.74) is 0.716. The van der Waals surface area contributed by atoms with E-state index >= 15 is 0 Å². The van der Waals surface area contributed by atoms with Gasteiger partial charge in [0.05, 0.1) is 10.8 Å². The average Bonchev–Trinajstić information content (AvgIpc) is 2.62. The Labute approximate surface area is 149 Å². The molecule has 2 fully saturated rings. The number of nitrogens with zero attached hydrogens (tertiary/aromatic N) is 1. The zero-order chi connectivity index (χ0) is 18.1. The number of aliphatic carboxylic acids is 1. The van der Waals surface area contributed by atoms with Crippen molar-refractivity contribution in [3.8, 4) is 0 Å². The number of amides is 1. The van der Waals surface area contributed by atoms with E-state index in [0.29, 0.717) is 39.0 Å². The van der Waals surface area contributed by atoms with Crippen molar-refractivity contribution < 1.29 is 19.4 Å². The topological polar surface area (TPSA) is 66.8 Å². The van der Waals surface area contributed by atoms with E-state index in [4.69, 9.17) is 4.74 Å². The Hall–Kier alpha value is -1.88. The number of aryl methyl sites for hydroxylation is 1. The van der Waals surface area contributed by atoms with Crippen molar-refractivity contribution in [1.82, 2.24) is 4.90 Å². The van der Waals surface area contributed by atoms with E-state index in [1.165, 1.54) is 0 Å². The summed E-state index contributed by atoms with van der Waals surface area (Å²) < 4.78 is 5.54. The number of carbonyl (C=O) groups is 2. The van der Waals surface area contributed by atoms with Gasteiger partial charge in [-0.3, -0.25) is 9.59 Å². The fourth-order valence-electron chi connectivity index (χ4n) is 4.32. The molecule has 2 aliphatic rings. The van der Waals surface area contributed by atoms with Crippen LogP contribution in [0, 0.1) is 12.3 Å². The van der Waals surface area contributed by atoms with Crippen LogP contribution in [0.2, 0.25) is 0 Å². The monoisotopic (exact) mass is 345 g/mol. The molecule has 2 saturated heterocycles. The number of carboxylic acid groups (broad SMARTS) is 1. The minimum absolute atomic E-state index is 0.0669. The summed E-state index contributed by atoms with van der Waals surface area (Å²) >= 11 is 0. The van der Waals surface area contributed by atoms with E-state index in [1.807, 2.05) is 31.2 Å². The molecule has 1 atom stereocenters. The van der Waals surface area contributed by atoms with E-state index in [0.717, 1.165) is 17.5 Å². The number of hydrogen-bond donors (Lipinski definition) is 1. The van der Waals surface area contributed by atoms with Gasteiger partial charge in [0, 0.05) is 26.3 Å². The Morgan fingerprint density at radius 1 is 1.16 bits per heavy atom. The molecule has 0 spiro atoms. The van der Waals surface area contributed by atoms with Gasteiger partial charge in [-0.2, -0.15) is 0 Å². The number of hydrogen-bond acceptors (Lipinski definition) is 3. The number of benzene rings is 1. The van der Waals surface area contributed by atoms with Crippen molar-refractivity contribution >= 4 is 11.9 Å². The number of carbonyl (C=O) groups excluding carboxylic acids is 1. The van der Waals surface area contributed by atoms with Crippen LogP contribution in [0.25, 0.3) is 0 Å². The molecule has 0 aliphatic carbocycles. The van der Waals surface area contributed by atoms with E-state index in [-0.39, 0.29) is 12.5 Å². The molecular formula is C20H27NO4. The van der Waals surface area contributed by atoms with E-state index in [9.17, 15) is 14.7 Å². The Kier molecular flexibility index (Phi) is 4.87. The summed E-state index contributed by atoms with van der Waals surface area (Å²) in [4.78, 5) is 27.1. The van der Waals surface area contributed by atoms with Gasteiger partial charge in [0.15, 0.2) is 0 Å². The first kappa shape index (κ1) is 17.9. The van der Waals surface area contributed by atoms with Crippen molar-refractivity contribution in [2.24, 2.45) is 5.41 Å².